The predicted octanol–water partition coefficient (Wildman–Crippen LogP) is 14.8. The molecule has 0 aliphatic heterocycles. The van der Waals surface area contributed by atoms with Crippen molar-refractivity contribution < 1.29 is 28.8 Å². The number of fused-ring (bicyclic) bond motifs is 1. The van der Waals surface area contributed by atoms with Crippen LogP contribution in [0.15, 0.2) is 131 Å². The van der Waals surface area contributed by atoms with Crippen molar-refractivity contribution >= 4 is 143 Å². The molecular weight excluding hydrogens is 1080 g/mol. The van der Waals surface area contributed by atoms with Gasteiger partial charge in [0.1, 0.15) is 10.3 Å². The van der Waals surface area contributed by atoms with Gasteiger partial charge in [-0.25, -0.2) is 4.98 Å². The highest BCUT2D eigenvalue weighted by Crippen LogP contribution is 2.22. The Morgan fingerprint density at radius 2 is 1.10 bits per heavy atom. The predicted molar refractivity (Wildman–Crippen MR) is 261 cm³/mol. The molecule has 0 spiro atoms. The number of carbonyl (C=O) groups is 6. The lowest BCUT2D eigenvalue weighted by molar-refractivity contribution is 0.100. The molecule has 7 rings (SSSR count). The second-order valence-corrected chi connectivity index (χ2v) is 19.4. The summed E-state index contributed by atoms with van der Waals surface area (Å²) in [7, 11) is 0. The minimum Gasteiger partial charge on any atom is -0.295 e. The van der Waals surface area contributed by atoms with E-state index in [1.165, 1.54) is 46.8 Å². The molecule has 0 saturated heterocycles. The Labute approximate surface area is 395 Å². The van der Waals surface area contributed by atoms with Gasteiger partial charge in [-0.15, -0.1) is 34.0 Å². The lowest BCUT2D eigenvalue weighted by Crippen LogP contribution is -1.94. The van der Waals surface area contributed by atoms with Gasteiger partial charge in [0, 0.05) is 60.6 Å². The van der Waals surface area contributed by atoms with Crippen LogP contribution in [0.25, 0.3) is 10.8 Å². The molecule has 0 bridgehead atoms. The number of halogens is 4. The highest BCUT2D eigenvalue weighted by atomic mass is 79.9. The number of aryl methyl sites for hydroxylation is 1. The largest absolute Gasteiger partial charge is 0.295 e. The summed E-state index contributed by atoms with van der Waals surface area (Å²) in [6, 6.07) is 28.2. The number of ketones is 6. The molecule has 0 aliphatic rings. The lowest BCUT2D eigenvalue weighted by Gasteiger charge is -1.99. The van der Waals surface area contributed by atoms with Gasteiger partial charge in [0.15, 0.2) is 34.7 Å². The minimum atomic E-state index is -0.00694. The Bertz CT molecular complexity index is 2350. The number of aromatic nitrogens is 2. The molecule has 312 valence electrons. The van der Waals surface area contributed by atoms with Gasteiger partial charge >= 0.3 is 0 Å². The molecule has 0 amide bonds. The number of nitrogens with zero attached hydrogens (tertiary/aromatic N) is 2. The number of carbonyl (C=O) groups excluding carboxylic acids is 6. The van der Waals surface area contributed by atoms with Crippen LogP contribution >= 0.6 is 97.7 Å². The summed E-state index contributed by atoms with van der Waals surface area (Å²) in [5, 5.41) is 6.08. The van der Waals surface area contributed by atoms with Crippen LogP contribution in [0, 0.1) is 6.92 Å². The quantitative estimate of drug-likeness (QED) is 0.119. The van der Waals surface area contributed by atoms with Crippen LogP contribution in [0.4, 0.5) is 0 Å². The van der Waals surface area contributed by atoms with Crippen LogP contribution in [-0.2, 0) is 0 Å². The molecule has 0 aliphatic carbocycles. The van der Waals surface area contributed by atoms with Crippen molar-refractivity contribution in [1.29, 1.82) is 0 Å². The maximum Gasteiger partial charge on any atom is 0.178 e. The summed E-state index contributed by atoms with van der Waals surface area (Å²) < 4.78 is 3.63. The van der Waals surface area contributed by atoms with E-state index in [9.17, 15) is 28.8 Å². The van der Waals surface area contributed by atoms with Crippen molar-refractivity contribution in [3.05, 3.63) is 169 Å². The molecule has 0 radical (unpaired) electrons. The van der Waals surface area contributed by atoms with Crippen molar-refractivity contribution in [1.82, 2.24) is 9.97 Å². The number of benzene rings is 2. The number of thiophene rings is 3. The standard InChI is InChI=1S/C12H10O.2C7H6BrNO.C7H8OS.2C6H5BrOS/c1-9(13)11-7-6-10-4-2-3-5-12(10)8-11;1-5(10)7-3-2-6(8)4-9-7;1-5(10)6-2-3-7(8)9-4-6;1-5-3-7(4-9-5)6(2)8;1-4(8)6-2-5(7)3-9-6;1-4(8)5-2-3-6(7)9-5/h2-8H,1H3;2*2-4H,1H3;3-4H,1-2H3;2*2-3H,1H3. The molecule has 2 aromatic carbocycles. The molecule has 0 fully saturated rings. The number of Topliss-reactive ketones (excluding diaryl/α,β-unsaturated/α-hetero) is 6. The third-order valence-corrected chi connectivity index (χ3v) is 12.7. The molecule has 15 heteroatoms. The van der Waals surface area contributed by atoms with Gasteiger partial charge in [-0.05, 0) is 171 Å². The molecule has 0 unspecified atom stereocenters. The Kier molecular flexibility index (Phi) is 23.6. The zero-order chi connectivity index (χ0) is 44.9. The van der Waals surface area contributed by atoms with Crippen LogP contribution in [-0.4, -0.2) is 44.7 Å². The van der Waals surface area contributed by atoms with E-state index in [0.717, 1.165) is 43.6 Å². The highest BCUT2D eigenvalue weighted by molar-refractivity contribution is 9.11. The topological polar surface area (TPSA) is 128 Å². The van der Waals surface area contributed by atoms with E-state index in [1.54, 1.807) is 75.7 Å². The number of hydrogen-bond donors (Lipinski definition) is 0. The van der Waals surface area contributed by atoms with Gasteiger partial charge in [-0.2, -0.15) is 0 Å². The van der Waals surface area contributed by atoms with Gasteiger partial charge in [0.05, 0.1) is 13.5 Å². The maximum absolute atomic E-state index is 11.1. The van der Waals surface area contributed by atoms with Crippen LogP contribution in [0.5, 0.6) is 0 Å². The van der Waals surface area contributed by atoms with Gasteiger partial charge in [0.25, 0.3) is 0 Å². The SMILES string of the molecule is CC(=O)c1cc(Br)cs1.CC(=O)c1ccc(Br)cn1.CC(=O)c1ccc(Br)nc1.CC(=O)c1ccc(Br)s1.CC(=O)c1ccc2ccccc2c1.CC(=O)c1csc(C)c1. The summed E-state index contributed by atoms with van der Waals surface area (Å²) in [6.07, 6.45) is 3.16. The van der Waals surface area contributed by atoms with Crippen LogP contribution in [0.2, 0.25) is 0 Å². The fourth-order valence-corrected chi connectivity index (χ4v) is 8.03. The smallest absolute Gasteiger partial charge is 0.178 e. The van der Waals surface area contributed by atoms with Gasteiger partial charge < -0.3 is 0 Å². The number of hydrogen-bond acceptors (Lipinski definition) is 11. The van der Waals surface area contributed by atoms with Crippen LogP contribution < -0.4 is 0 Å². The molecule has 60 heavy (non-hydrogen) atoms. The van der Waals surface area contributed by atoms with Gasteiger partial charge in [-0.3, -0.25) is 33.8 Å². The monoisotopic (exact) mass is 1120 g/mol. The zero-order valence-electron chi connectivity index (χ0n) is 33.6. The Balaban J connectivity index is 0.000000250. The second-order valence-electron chi connectivity index (χ2n) is 12.3. The molecule has 5 aromatic heterocycles. The third kappa shape index (κ3) is 20.1. The van der Waals surface area contributed by atoms with E-state index < -0.39 is 0 Å². The van der Waals surface area contributed by atoms with E-state index in [2.05, 4.69) is 73.7 Å². The zero-order valence-corrected chi connectivity index (χ0v) is 42.3. The second kappa shape index (κ2) is 27.1. The fourth-order valence-electron chi connectivity index (χ4n) is 4.21. The molecule has 0 N–H and O–H groups in total. The van der Waals surface area contributed by atoms with Crippen molar-refractivity contribution in [3.63, 3.8) is 0 Å². The summed E-state index contributed by atoms with van der Waals surface area (Å²) in [5.74, 6) is 0.564. The van der Waals surface area contributed by atoms with Crippen LogP contribution in [0.3, 0.4) is 0 Å². The summed E-state index contributed by atoms with van der Waals surface area (Å²) >= 11 is 17.5. The molecule has 5 heterocycles. The van der Waals surface area contributed by atoms with Gasteiger partial charge in [-0.1, -0.05) is 36.4 Å². The van der Waals surface area contributed by atoms with E-state index in [-0.39, 0.29) is 34.7 Å². The first-order valence-corrected chi connectivity index (χ1v) is 23.3. The van der Waals surface area contributed by atoms with Crippen molar-refractivity contribution in [2.45, 2.75) is 48.5 Å². The molecular formula is C45H40Br4N2O6S3. The maximum atomic E-state index is 11.1. The highest BCUT2D eigenvalue weighted by Gasteiger charge is 2.03. The Morgan fingerprint density at radius 3 is 1.48 bits per heavy atom. The Hall–Kier alpha value is -3.96. The first kappa shape index (κ1) is 52.2. The average Bonchev–Trinajstić information content (AvgIpc) is 3.98. The molecule has 8 nitrogen and oxygen atoms in total. The van der Waals surface area contributed by atoms with E-state index in [4.69, 9.17) is 0 Å². The van der Waals surface area contributed by atoms with Gasteiger partial charge in [0.2, 0.25) is 0 Å². The summed E-state index contributed by atoms with van der Waals surface area (Å²) in [5.41, 5.74) is 2.75. The third-order valence-electron chi connectivity index (χ3n) is 7.35. The fraction of sp³-hybridized carbons (Fsp3) is 0.156. The first-order chi connectivity index (χ1) is 28.3. The first-order valence-electron chi connectivity index (χ1n) is 17.6. The van der Waals surface area contributed by atoms with Crippen molar-refractivity contribution in [2.24, 2.45) is 0 Å². The van der Waals surface area contributed by atoms with E-state index in [1.807, 2.05) is 84.4 Å². The molecule has 0 saturated carbocycles. The number of pyridine rings is 2. The minimum absolute atomic E-state index is 0.00694. The van der Waals surface area contributed by atoms with Crippen molar-refractivity contribution in [3.8, 4) is 0 Å². The average molecular weight is 1120 g/mol. The lowest BCUT2D eigenvalue weighted by atomic mass is 10.1. The summed E-state index contributed by atoms with van der Waals surface area (Å²) in [4.78, 5) is 75.0. The van der Waals surface area contributed by atoms with E-state index in [0.29, 0.717) is 11.3 Å². The summed E-state index contributed by atoms with van der Waals surface area (Å²) in [6.45, 7) is 11.3. The number of rotatable bonds is 6. The molecule has 0 atom stereocenters. The van der Waals surface area contributed by atoms with E-state index >= 15 is 0 Å². The normalized spacial score (nSPS) is 9.65. The Morgan fingerprint density at radius 1 is 0.483 bits per heavy atom. The van der Waals surface area contributed by atoms with Crippen LogP contribution in [0.1, 0.15) is 107 Å². The van der Waals surface area contributed by atoms with Crippen molar-refractivity contribution in [2.75, 3.05) is 0 Å². The molecule has 7 aromatic rings.